The van der Waals surface area contributed by atoms with Crippen LogP contribution >= 0.6 is 11.3 Å². The number of aliphatic hydroxyl groups excluding tert-OH is 1. The molecule has 2 N–H and O–H groups in total. The summed E-state index contributed by atoms with van der Waals surface area (Å²) < 4.78 is 32.1. The smallest absolute Gasteiger partial charge is 0.241 e. The maximum atomic E-state index is 12.1. The zero-order valence-electron chi connectivity index (χ0n) is 10.1. The Morgan fingerprint density at radius 1 is 1.56 bits per heavy atom. The maximum Gasteiger partial charge on any atom is 0.241 e. The van der Waals surface area contributed by atoms with Gasteiger partial charge in [0.2, 0.25) is 10.0 Å². The van der Waals surface area contributed by atoms with Crippen LogP contribution in [0.25, 0.3) is 0 Å². The van der Waals surface area contributed by atoms with Crippen LogP contribution < -0.4 is 4.72 Å². The lowest BCUT2D eigenvalue weighted by Gasteiger charge is -2.12. The van der Waals surface area contributed by atoms with Crippen LogP contribution in [0.3, 0.4) is 0 Å². The second-order valence-electron chi connectivity index (χ2n) is 4.40. The lowest BCUT2D eigenvalue weighted by Crippen LogP contribution is -2.33. The quantitative estimate of drug-likeness (QED) is 0.851. The van der Waals surface area contributed by atoms with Crippen molar-refractivity contribution in [3.8, 4) is 0 Å². The molecule has 0 aliphatic heterocycles. The van der Waals surface area contributed by atoms with Crippen LogP contribution in [-0.4, -0.2) is 32.8 Å². The van der Waals surface area contributed by atoms with Crippen LogP contribution in [-0.2, 0) is 21.4 Å². The molecule has 2 rings (SSSR count). The number of methoxy groups -OCH3 is 1. The molecule has 0 amide bonds. The van der Waals surface area contributed by atoms with Gasteiger partial charge in [0.05, 0.1) is 17.6 Å². The van der Waals surface area contributed by atoms with Gasteiger partial charge < -0.3 is 9.84 Å². The fourth-order valence-electron chi connectivity index (χ4n) is 2.13. The highest BCUT2D eigenvalue weighted by Gasteiger charge is 2.28. The van der Waals surface area contributed by atoms with Gasteiger partial charge in [-0.3, -0.25) is 0 Å². The van der Waals surface area contributed by atoms with E-state index in [0.717, 1.165) is 12.8 Å². The van der Waals surface area contributed by atoms with E-state index in [-0.39, 0.29) is 23.6 Å². The Morgan fingerprint density at radius 2 is 2.33 bits per heavy atom. The van der Waals surface area contributed by atoms with Crippen molar-refractivity contribution in [1.29, 1.82) is 0 Å². The maximum absolute atomic E-state index is 12.1. The number of rotatable bonds is 5. The van der Waals surface area contributed by atoms with E-state index in [0.29, 0.717) is 11.3 Å². The van der Waals surface area contributed by atoms with Gasteiger partial charge in [0, 0.05) is 23.4 Å². The van der Waals surface area contributed by atoms with E-state index in [4.69, 9.17) is 9.84 Å². The average molecular weight is 291 g/mol. The van der Waals surface area contributed by atoms with Crippen LogP contribution in [0, 0.1) is 0 Å². The second kappa shape index (κ2) is 5.66. The van der Waals surface area contributed by atoms with Crippen molar-refractivity contribution in [1.82, 2.24) is 4.72 Å². The van der Waals surface area contributed by atoms with Crippen molar-refractivity contribution in [2.24, 2.45) is 0 Å². The summed E-state index contributed by atoms with van der Waals surface area (Å²) in [5.41, 5.74) is 0. The molecule has 0 radical (unpaired) electrons. The number of sulfonamides is 1. The third-order valence-corrected chi connectivity index (χ3v) is 5.71. The Balaban J connectivity index is 2.03. The van der Waals surface area contributed by atoms with Gasteiger partial charge >= 0.3 is 0 Å². The number of ether oxygens (including phenoxy) is 1. The SMILES string of the molecule is COC1CCC(NS(=O)(=O)c2csc(CO)c2)C1. The molecule has 5 nitrogen and oxygen atoms in total. The molecule has 2 unspecified atom stereocenters. The molecule has 1 aromatic heterocycles. The van der Waals surface area contributed by atoms with E-state index >= 15 is 0 Å². The highest BCUT2D eigenvalue weighted by molar-refractivity contribution is 7.89. The Kier molecular flexibility index (Phi) is 4.39. The van der Waals surface area contributed by atoms with Crippen molar-refractivity contribution < 1.29 is 18.3 Å². The van der Waals surface area contributed by atoms with Crippen molar-refractivity contribution >= 4 is 21.4 Å². The number of nitrogens with one attached hydrogen (secondary N) is 1. The van der Waals surface area contributed by atoms with Gasteiger partial charge in [-0.05, 0) is 25.3 Å². The molecule has 1 heterocycles. The molecular weight excluding hydrogens is 274 g/mol. The zero-order valence-corrected chi connectivity index (χ0v) is 11.8. The molecule has 0 saturated heterocycles. The predicted molar refractivity (Wildman–Crippen MR) is 69.0 cm³/mol. The van der Waals surface area contributed by atoms with Crippen LogP contribution in [0.5, 0.6) is 0 Å². The van der Waals surface area contributed by atoms with Gasteiger partial charge in [-0.2, -0.15) is 0 Å². The third-order valence-electron chi connectivity index (χ3n) is 3.14. The first kappa shape index (κ1) is 14.0. The number of thiophene rings is 1. The number of aliphatic hydroxyl groups is 1. The first-order valence-electron chi connectivity index (χ1n) is 5.78. The minimum absolute atomic E-state index is 0.0579. The Morgan fingerprint density at radius 3 is 2.89 bits per heavy atom. The van der Waals surface area contributed by atoms with E-state index in [1.54, 1.807) is 12.5 Å². The standard InChI is InChI=1S/C11H17NO4S2/c1-16-9-3-2-8(4-9)12-18(14,15)11-5-10(6-13)17-7-11/h5,7-9,12-13H,2-4,6H2,1H3. The van der Waals surface area contributed by atoms with Gasteiger partial charge in [0.25, 0.3) is 0 Å². The lowest BCUT2D eigenvalue weighted by molar-refractivity contribution is 0.107. The highest BCUT2D eigenvalue weighted by Crippen LogP contribution is 2.25. The van der Waals surface area contributed by atoms with E-state index in [1.165, 1.54) is 17.4 Å². The number of hydrogen-bond acceptors (Lipinski definition) is 5. The Labute approximate surface area is 111 Å². The van der Waals surface area contributed by atoms with Gasteiger partial charge in [0.1, 0.15) is 0 Å². The Bertz CT molecular complexity index is 497. The second-order valence-corrected chi connectivity index (χ2v) is 7.11. The summed E-state index contributed by atoms with van der Waals surface area (Å²) in [4.78, 5) is 0.883. The van der Waals surface area contributed by atoms with Crippen molar-refractivity contribution in [2.75, 3.05) is 7.11 Å². The highest BCUT2D eigenvalue weighted by atomic mass is 32.2. The molecular formula is C11H17NO4S2. The third kappa shape index (κ3) is 3.10. The monoisotopic (exact) mass is 291 g/mol. The molecule has 1 fully saturated rings. The largest absolute Gasteiger partial charge is 0.391 e. The number of hydrogen-bond donors (Lipinski definition) is 2. The molecule has 1 aliphatic carbocycles. The molecule has 1 aromatic rings. The fourth-order valence-corrected chi connectivity index (χ4v) is 4.55. The molecule has 1 saturated carbocycles. The summed E-state index contributed by atoms with van der Waals surface area (Å²) >= 11 is 1.25. The summed E-state index contributed by atoms with van der Waals surface area (Å²) in [6.07, 6.45) is 2.55. The van der Waals surface area contributed by atoms with Gasteiger partial charge in [-0.25, -0.2) is 13.1 Å². The van der Waals surface area contributed by atoms with Gasteiger partial charge in [-0.1, -0.05) is 0 Å². The lowest BCUT2D eigenvalue weighted by atomic mass is 10.3. The minimum Gasteiger partial charge on any atom is -0.391 e. The van der Waals surface area contributed by atoms with Crippen LogP contribution in [0.15, 0.2) is 16.3 Å². The first-order chi connectivity index (χ1) is 8.55. The molecule has 2 atom stereocenters. The van der Waals surface area contributed by atoms with Crippen molar-refractivity contribution in [3.05, 3.63) is 16.3 Å². The van der Waals surface area contributed by atoms with E-state index in [1.807, 2.05) is 0 Å². The minimum atomic E-state index is -3.47. The van der Waals surface area contributed by atoms with E-state index < -0.39 is 10.0 Å². The summed E-state index contributed by atoms with van der Waals surface area (Å²) in [5, 5.41) is 10.5. The molecule has 0 bridgehead atoms. The normalized spacial score (nSPS) is 24.6. The summed E-state index contributed by atoms with van der Waals surface area (Å²) in [7, 11) is -1.82. The van der Waals surface area contributed by atoms with Gasteiger partial charge in [-0.15, -0.1) is 11.3 Å². The summed E-state index contributed by atoms with van der Waals surface area (Å²) in [5.74, 6) is 0. The van der Waals surface area contributed by atoms with Gasteiger partial charge in [0.15, 0.2) is 0 Å². The van der Waals surface area contributed by atoms with Crippen LogP contribution in [0.4, 0.5) is 0 Å². The fraction of sp³-hybridized carbons (Fsp3) is 0.636. The van der Waals surface area contributed by atoms with E-state index in [9.17, 15) is 8.42 Å². The molecule has 0 spiro atoms. The Hall–Kier alpha value is -0.470. The topological polar surface area (TPSA) is 75.6 Å². The first-order valence-corrected chi connectivity index (χ1v) is 8.15. The molecule has 0 aromatic carbocycles. The molecule has 18 heavy (non-hydrogen) atoms. The zero-order chi connectivity index (χ0) is 13.2. The molecule has 102 valence electrons. The van der Waals surface area contributed by atoms with Crippen molar-refractivity contribution in [3.63, 3.8) is 0 Å². The summed E-state index contributed by atoms with van der Waals surface area (Å²) in [6.45, 7) is -0.130. The average Bonchev–Trinajstić information content (AvgIpc) is 2.96. The predicted octanol–water partition coefficient (Wildman–Crippen LogP) is 1.09. The molecule has 1 aliphatic rings. The van der Waals surface area contributed by atoms with E-state index in [2.05, 4.69) is 4.72 Å². The van der Waals surface area contributed by atoms with Crippen LogP contribution in [0.2, 0.25) is 0 Å². The van der Waals surface area contributed by atoms with Crippen molar-refractivity contribution in [2.45, 2.75) is 42.9 Å². The van der Waals surface area contributed by atoms with Crippen LogP contribution in [0.1, 0.15) is 24.1 Å². The molecule has 7 heteroatoms. The summed E-state index contributed by atoms with van der Waals surface area (Å²) in [6, 6.07) is 1.45.